The molecular formula is C45H68N4O10. The molecule has 4 heterocycles. The number of carbonyl (C=O) groups excluding carboxylic acids is 4. The molecule has 1 N–H and O–H groups in total. The van der Waals surface area contributed by atoms with Crippen LogP contribution in [0.25, 0.3) is 11.3 Å². The van der Waals surface area contributed by atoms with Crippen LogP contribution in [0.2, 0.25) is 0 Å². The molecule has 14 nitrogen and oxygen atoms in total. The Morgan fingerprint density at radius 1 is 0.966 bits per heavy atom. The van der Waals surface area contributed by atoms with Crippen molar-refractivity contribution >= 4 is 23.6 Å². The van der Waals surface area contributed by atoms with Crippen molar-refractivity contribution in [3.05, 3.63) is 42.9 Å². The topological polar surface area (TPSA) is 159 Å². The Morgan fingerprint density at radius 2 is 1.64 bits per heavy atom. The summed E-state index contributed by atoms with van der Waals surface area (Å²) in [6.45, 7) is 15.2. The van der Waals surface area contributed by atoms with Gasteiger partial charge >= 0.3 is 12.1 Å². The summed E-state index contributed by atoms with van der Waals surface area (Å²) in [5.74, 6) is -4.89. The van der Waals surface area contributed by atoms with E-state index in [1.807, 2.05) is 94.7 Å². The van der Waals surface area contributed by atoms with E-state index in [0.717, 1.165) is 17.7 Å². The van der Waals surface area contributed by atoms with E-state index in [-0.39, 0.29) is 37.2 Å². The molecule has 1 amide bonds. The van der Waals surface area contributed by atoms with Gasteiger partial charge in [-0.25, -0.2) is 9.78 Å². The number of esters is 1. The number of ether oxygens (including phenoxy) is 5. The van der Waals surface area contributed by atoms with Crippen LogP contribution in [0.1, 0.15) is 93.9 Å². The van der Waals surface area contributed by atoms with Crippen molar-refractivity contribution in [3.8, 4) is 11.3 Å². The third kappa shape index (κ3) is 9.62. The predicted octanol–water partition coefficient (Wildman–Crippen LogP) is 5.92. The van der Waals surface area contributed by atoms with E-state index in [9.17, 15) is 24.3 Å². The van der Waals surface area contributed by atoms with Gasteiger partial charge in [-0.3, -0.25) is 14.4 Å². The molecule has 3 aliphatic rings. The van der Waals surface area contributed by atoms with Crippen molar-refractivity contribution in [2.75, 3.05) is 27.7 Å². The third-order valence-electron chi connectivity index (χ3n) is 13.3. The van der Waals surface area contributed by atoms with E-state index < -0.39 is 83.4 Å². The number of nitrogens with zero attached hydrogens (tertiary/aromatic N) is 4. The summed E-state index contributed by atoms with van der Waals surface area (Å²) in [4.78, 5) is 65.4. The molecule has 0 radical (unpaired) electrons. The van der Waals surface area contributed by atoms with Crippen molar-refractivity contribution in [2.45, 2.75) is 154 Å². The molecular weight excluding hydrogens is 757 g/mol. The number of benzene rings is 1. The number of aliphatic hydroxyl groups excluding tert-OH is 1. The van der Waals surface area contributed by atoms with Crippen molar-refractivity contribution in [1.82, 2.24) is 19.4 Å². The average Bonchev–Trinajstić information content (AvgIpc) is 3.82. The number of cyclic esters (lactones) is 1. The first-order valence-corrected chi connectivity index (χ1v) is 21.5. The normalized spacial score (nSPS) is 36.3. The summed E-state index contributed by atoms with van der Waals surface area (Å²) in [6, 6.07) is 8.90. The van der Waals surface area contributed by atoms with Gasteiger partial charge < -0.3 is 43.2 Å². The fourth-order valence-electron chi connectivity index (χ4n) is 9.81. The zero-order valence-corrected chi connectivity index (χ0v) is 37.0. The smallest absolute Gasteiger partial charge is 0.410 e. The van der Waals surface area contributed by atoms with Crippen LogP contribution < -0.4 is 0 Å². The van der Waals surface area contributed by atoms with Gasteiger partial charge in [0.25, 0.3) is 0 Å². The molecule has 5 rings (SSSR count). The average molecular weight is 825 g/mol. The number of unbranched alkanes of at least 4 members (excludes halogenated alkanes) is 1. The minimum atomic E-state index is -1.35. The number of rotatable bonds is 12. The standard InChI is InChI=1S/C45H68N4O10/c1-12-35-45(13-2)39(49(43(54)59-45)22-18-17-21-48-25-33(46-26-48)32-19-15-14-16-20-32)29(5)36(50)27(3)24-44(8,55-11)40(30(6)37(51)31(7)41(53)57-35)58-42-38(52)34(47(9)10)23-28(4)56-42/h14-16,19-20,25-31,34-35,38-40,42,52H,12-13,17-18,21-24H2,1-11H3/t27-,28-,29+,30+,31-,34+,35-,38-,39-,40-,42+,44-,45-/m1/s1. The Bertz CT molecular complexity index is 1750. The Labute approximate surface area is 350 Å². The van der Waals surface area contributed by atoms with Crippen molar-refractivity contribution in [3.63, 3.8) is 0 Å². The van der Waals surface area contributed by atoms with Crippen LogP contribution in [0, 0.1) is 23.7 Å². The largest absolute Gasteiger partial charge is 0.457 e. The van der Waals surface area contributed by atoms with Gasteiger partial charge in [0.1, 0.15) is 23.9 Å². The zero-order valence-electron chi connectivity index (χ0n) is 37.0. The highest BCUT2D eigenvalue weighted by molar-refractivity contribution is 6.00. The lowest BCUT2D eigenvalue weighted by molar-refractivity contribution is -0.295. The lowest BCUT2D eigenvalue weighted by atomic mass is 9.72. The Hall–Kier alpha value is -3.69. The third-order valence-corrected chi connectivity index (χ3v) is 13.3. The lowest BCUT2D eigenvalue weighted by Crippen LogP contribution is -2.61. The van der Waals surface area contributed by atoms with Crippen molar-refractivity contribution < 1.29 is 48.0 Å². The molecule has 59 heavy (non-hydrogen) atoms. The summed E-state index contributed by atoms with van der Waals surface area (Å²) in [6.07, 6.45) is 1.44. The molecule has 3 fully saturated rings. The van der Waals surface area contributed by atoms with Crippen LogP contribution in [-0.4, -0.2) is 130 Å². The summed E-state index contributed by atoms with van der Waals surface area (Å²) < 4.78 is 33.6. The molecule has 0 spiro atoms. The molecule has 3 saturated heterocycles. The van der Waals surface area contributed by atoms with Gasteiger partial charge in [-0.15, -0.1) is 0 Å². The number of likely N-dealkylation sites (N-methyl/N-ethyl adjacent to an activating group) is 1. The molecule has 0 bridgehead atoms. The zero-order chi connectivity index (χ0) is 43.4. The summed E-state index contributed by atoms with van der Waals surface area (Å²) in [5, 5.41) is 11.5. The summed E-state index contributed by atoms with van der Waals surface area (Å²) >= 11 is 0. The summed E-state index contributed by atoms with van der Waals surface area (Å²) in [7, 11) is 5.26. The first-order chi connectivity index (χ1) is 27.9. The van der Waals surface area contributed by atoms with Crippen LogP contribution in [-0.2, 0) is 44.6 Å². The quantitative estimate of drug-likeness (QED) is 0.153. The Balaban J connectivity index is 1.46. The van der Waals surface area contributed by atoms with Gasteiger partial charge in [0.2, 0.25) is 0 Å². The molecule has 1 aromatic carbocycles. The molecule has 328 valence electrons. The van der Waals surface area contributed by atoms with Crippen LogP contribution in [0.4, 0.5) is 4.79 Å². The maximum absolute atomic E-state index is 14.8. The number of amides is 1. The van der Waals surface area contributed by atoms with Crippen molar-refractivity contribution in [2.24, 2.45) is 23.7 Å². The van der Waals surface area contributed by atoms with E-state index in [1.165, 1.54) is 14.0 Å². The Kier molecular flexibility index (Phi) is 15.2. The van der Waals surface area contributed by atoms with Crippen LogP contribution >= 0.6 is 0 Å². The molecule has 2 aromatic rings. The number of Topliss-reactive ketones (excluding diaryl/α,β-unsaturated/α-hetero) is 2. The van der Waals surface area contributed by atoms with Gasteiger partial charge in [0.15, 0.2) is 17.7 Å². The maximum atomic E-state index is 14.8. The molecule has 0 unspecified atom stereocenters. The first-order valence-electron chi connectivity index (χ1n) is 21.5. The van der Waals surface area contributed by atoms with Gasteiger partial charge in [-0.05, 0) is 73.4 Å². The SMILES string of the molecule is CC[C@H]1OC(=O)[C@H](C)C(=O)[C@H](C)[C@@H](O[C@@H]2O[C@H](C)C[C@H](N(C)C)[C@H]2O)[C@](C)(OC)C[C@@H](C)C(=O)[C@H](C)[C@H]2N(CCCCn3cnc(-c4ccccc4)c3)C(=O)O[C@]12CC. The van der Waals surface area contributed by atoms with E-state index in [0.29, 0.717) is 25.9 Å². The number of aliphatic hydroxyl groups is 1. The number of imidazole rings is 1. The number of ketones is 2. The second-order valence-corrected chi connectivity index (χ2v) is 17.6. The van der Waals surface area contributed by atoms with Crippen LogP contribution in [0.3, 0.4) is 0 Å². The molecule has 0 aliphatic carbocycles. The molecule has 14 heteroatoms. The number of methoxy groups -OCH3 is 1. The van der Waals surface area contributed by atoms with Crippen LogP contribution in [0.5, 0.6) is 0 Å². The second-order valence-electron chi connectivity index (χ2n) is 17.6. The molecule has 0 saturated carbocycles. The number of hydrogen-bond acceptors (Lipinski definition) is 12. The highest BCUT2D eigenvalue weighted by Crippen LogP contribution is 2.45. The molecule has 13 atom stereocenters. The summed E-state index contributed by atoms with van der Waals surface area (Å²) in [5.41, 5.74) is -0.711. The number of carbonyl (C=O) groups is 4. The minimum Gasteiger partial charge on any atom is -0.457 e. The Morgan fingerprint density at radius 3 is 2.27 bits per heavy atom. The fraction of sp³-hybridized carbons (Fsp3) is 0.711. The second kappa shape index (κ2) is 19.4. The van der Waals surface area contributed by atoms with Gasteiger partial charge in [-0.1, -0.05) is 65.0 Å². The van der Waals surface area contributed by atoms with E-state index in [2.05, 4.69) is 4.98 Å². The van der Waals surface area contributed by atoms with Gasteiger partial charge in [0, 0.05) is 55.8 Å². The van der Waals surface area contributed by atoms with Gasteiger partial charge in [0.05, 0.1) is 35.9 Å². The number of fused-ring (bicyclic) bond motifs is 1. The first kappa shape index (κ1) is 46.4. The highest BCUT2D eigenvalue weighted by Gasteiger charge is 2.62. The number of aryl methyl sites for hydroxylation is 1. The van der Waals surface area contributed by atoms with Crippen molar-refractivity contribution in [1.29, 1.82) is 0 Å². The van der Waals surface area contributed by atoms with E-state index >= 15 is 0 Å². The molecule has 3 aliphatic heterocycles. The predicted molar refractivity (Wildman–Crippen MR) is 221 cm³/mol. The monoisotopic (exact) mass is 824 g/mol. The lowest BCUT2D eigenvalue weighted by Gasteiger charge is -2.47. The van der Waals surface area contributed by atoms with E-state index in [4.69, 9.17) is 23.7 Å². The minimum absolute atomic E-state index is 0.133. The van der Waals surface area contributed by atoms with E-state index in [1.54, 1.807) is 25.1 Å². The van der Waals surface area contributed by atoms with Gasteiger partial charge in [-0.2, -0.15) is 0 Å². The fourth-order valence-corrected chi connectivity index (χ4v) is 9.81. The van der Waals surface area contributed by atoms with Crippen LogP contribution in [0.15, 0.2) is 42.9 Å². The molecule has 1 aromatic heterocycles. The highest BCUT2D eigenvalue weighted by atomic mass is 16.7. The number of aromatic nitrogens is 2. The maximum Gasteiger partial charge on any atom is 0.410 e. The number of hydrogen-bond donors (Lipinski definition) is 1.